The van der Waals surface area contributed by atoms with Gasteiger partial charge >= 0.3 is 0 Å². The minimum Gasteiger partial charge on any atom is -0.490 e. The highest BCUT2D eigenvalue weighted by Crippen LogP contribution is 2.21. The van der Waals surface area contributed by atoms with Crippen LogP contribution in [0.2, 0.25) is 5.02 Å². The standard InChI is InChI=1S/C22H19ClN2O2/c1-2-14-27-20-11-9-18(10-12-20)22(26)25(21-8-3-4-13-24-21)16-17-6-5-7-19(23)15-17/h2-13,15H,1,14,16H2. The third-order valence-electron chi connectivity index (χ3n) is 3.87. The number of rotatable bonds is 7. The molecule has 1 heterocycles. The molecule has 0 fully saturated rings. The maximum atomic E-state index is 13.2. The van der Waals surface area contributed by atoms with Crippen molar-refractivity contribution in [3.63, 3.8) is 0 Å². The highest BCUT2D eigenvalue weighted by molar-refractivity contribution is 6.30. The van der Waals surface area contributed by atoms with Gasteiger partial charge in [-0.25, -0.2) is 4.98 Å². The number of benzene rings is 2. The molecule has 5 heteroatoms. The smallest absolute Gasteiger partial charge is 0.259 e. The van der Waals surface area contributed by atoms with Crippen LogP contribution in [0.25, 0.3) is 0 Å². The SMILES string of the molecule is C=CCOc1ccc(C(=O)N(Cc2cccc(Cl)c2)c2ccccn2)cc1. The summed E-state index contributed by atoms with van der Waals surface area (Å²) in [5.74, 6) is 1.11. The van der Waals surface area contributed by atoms with E-state index in [-0.39, 0.29) is 5.91 Å². The first-order valence-corrected chi connectivity index (χ1v) is 8.86. The lowest BCUT2D eigenvalue weighted by atomic mass is 10.1. The van der Waals surface area contributed by atoms with Crippen LogP contribution in [0.15, 0.2) is 85.6 Å². The molecule has 0 saturated carbocycles. The van der Waals surface area contributed by atoms with Gasteiger partial charge in [0.1, 0.15) is 18.2 Å². The number of hydrogen-bond acceptors (Lipinski definition) is 3. The maximum Gasteiger partial charge on any atom is 0.259 e. The van der Waals surface area contributed by atoms with E-state index in [9.17, 15) is 4.79 Å². The molecule has 3 rings (SSSR count). The Morgan fingerprint density at radius 1 is 1.11 bits per heavy atom. The Bertz CT molecular complexity index is 911. The van der Waals surface area contributed by atoms with Crippen LogP contribution in [0.4, 0.5) is 5.82 Å². The van der Waals surface area contributed by atoms with Crippen molar-refractivity contribution in [1.82, 2.24) is 4.98 Å². The first-order valence-electron chi connectivity index (χ1n) is 8.48. The van der Waals surface area contributed by atoms with Gasteiger partial charge in [-0.15, -0.1) is 0 Å². The second kappa shape index (κ2) is 9.01. The Morgan fingerprint density at radius 2 is 1.93 bits per heavy atom. The lowest BCUT2D eigenvalue weighted by molar-refractivity contribution is 0.0984. The number of nitrogens with zero attached hydrogens (tertiary/aromatic N) is 2. The molecule has 0 N–H and O–H groups in total. The molecule has 4 nitrogen and oxygen atoms in total. The van der Waals surface area contributed by atoms with Crippen molar-refractivity contribution in [2.45, 2.75) is 6.54 Å². The average molecular weight is 379 g/mol. The van der Waals surface area contributed by atoms with Crippen molar-refractivity contribution in [1.29, 1.82) is 0 Å². The molecule has 3 aromatic rings. The van der Waals surface area contributed by atoms with Crippen molar-refractivity contribution in [2.24, 2.45) is 0 Å². The van der Waals surface area contributed by atoms with E-state index >= 15 is 0 Å². The molecule has 27 heavy (non-hydrogen) atoms. The summed E-state index contributed by atoms with van der Waals surface area (Å²) < 4.78 is 5.47. The van der Waals surface area contributed by atoms with Crippen LogP contribution in [0, 0.1) is 0 Å². The van der Waals surface area contributed by atoms with Gasteiger partial charge in [0.15, 0.2) is 0 Å². The van der Waals surface area contributed by atoms with E-state index in [1.165, 1.54) is 0 Å². The van der Waals surface area contributed by atoms with Crippen molar-refractivity contribution in [3.05, 3.63) is 102 Å². The number of pyridine rings is 1. The van der Waals surface area contributed by atoms with Crippen LogP contribution >= 0.6 is 11.6 Å². The van der Waals surface area contributed by atoms with Gasteiger partial charge in [0.05, 0.1) is 6.54 Å². The summed E-state index contributed by atoms with van der Waals surface area (Å²) in [6.45, 7) is 4.41. The first-order chi connectivity index (χ1) is 13.2. The fraction of sp³-hybridized carbons (Fsp3) is 0.0909. The zero-order valence-corrected chi connectivity index (χ0v) is 15.5. The Balaban J connectivity index is 1.87. The van der Waals surface area contributed by atoms with Crippen LogP contribution in [0.3, 0.4) is 0 Å². The third-order valence-corrected chi connectivity index (χ3v) is 4.10. The molecular formula is C22H19ClN2O2. The van der Waals surface area contributed by atoms with Crippen molar-refractivity contribution < 1.29 is 9.53 Å². The maximum absolute atomic E-state index is 13.2. The van der Waals surface area contributed by atoms with Crippen LogP contribution in [-0.2, 0) is 6.54 Å². The number of ether oxygens (including phenoxy) is 1. The first kappa shape index (κ1) is 18.7. The van der Waals surface area contributed by atoms with E-state index in [0.29, 0.717) is 35.3 Å². The fourth-order valence-electron chi connectivity index (χ4n) is 2.59. The zero-order chi connectivity index (χ0) is 19.1. The Kier molecular flexibility index (Phi) is 6.23. The van der Waals surface area contributed by atoms with Gasteiger partial charge in [-0.3, -0.25) is 9.69 Å². The Morgan fingerprint density at radius 3 is 2.59 bits per heavy atom. The largest absolute Gasteiger partial charge is 0.490 e. The van der Waals surface area contributed by atoms with E-state index in [2.05, 4.69) is 11.6 Å². The summed E-state index contributed by atoms with van der Waals surface area (Å²) in [6, 6.07) is 20.0. The minimum absolute atomic E-state index is 0.149. The van der Waals surface area contributed by atoms with Crippen LogP contribution in [-0.4, -0.2) is 17.5 Å². The summed E-state index contributed by atoms with van der Waals surface area (Å²) in [5, 5.41) is 0.629. The lowest BCUT2D eigenvalue weighted by Gasteiger charge is -2.22. The molecule has 1 amide bonds. The monoisotopic (exact) mass is 378 g/mol. The topological polar surface area (TPSA) is 42.4 Å². The molecule has 0 aliphatic carbocycles. The number of carbonyl (C=O) groups excluding carboxylic acids is 1. The average Bonchev–Trinajstić information content (AvgIpc) is 2.71. The van der Waals surface area contributed by atoms with Gasteiger partial charge in [-0.2, -0.15) is 0 Å². The van der Waals surface area contributed by atoms with Gasteiger partial charge in [0.25, 0.3) is 5.91 Å². The third kappa shape index (κ3) is 4.96. The molecule has 2 aromatic carbocycles. The molecule has 0 aliphatic heterocycles. The van der Waals surface area contributed by atoms with E-state index in [4.69, 9.17) is 16.3 Å². The minimum atomic E-state index is -0.149. The Hall–Kier alpha value is -3.11. The number of halogens is 1. The molecule has 0 saturated heterocycles. The number of hydrogen-bond donors (Lipinski definition) is 0. The number of anilines is 1. The summed E-state index contributed by atoms with van der Waals surface area (Å²) in [5.41, 5.74) is 1.47. The highest BCUT2D eigenvalue weighted by atomic mass is 35.5. The molecule has 0 aliphatic rings. The van der Waals surface area contributed by atoms with Gasteiger partial charge in [-0.05, 0) is 54.1 Å². The van der Waals surface area contributed by atoms with E-state index in [1.54, 1.807) is 47.5 Å². The van der Waals surface area contributed by atoms with E-state index in [0.717, 1.165) is 5.56 Å². The van der Waals surface area contributed by atoms with Crippen LogP contribution in [0.5, 0.6) is 5.75 Å². The summed E-state index contributed by atoms with van der Waals surface area (Å²) >= 11 is 6.09. The van der Waals surface area contributed by atoms with Crippen molar-refractivity contribution >= 4 is 23.3 Å². The van der Waals surface area contributed by atoms with Crippen molar-refractivity contribution in [2.75, 3.05) is 11.5 Å². The Labute approximate surface area is 163 Å². The molecular weight excluding hydrogens is 360 g/mol. The van der Waals surface area contributed by atoms with Gasteiger partial charge < -0.3 is 4.74 Å². The van der Waals surface area contributed by atoms with Crippen molar-refractivity contribution in [3.8, 4) is 5.75 Å². The molecule has 1 aromatic heterocycles. The van der Waals surface area contributed by atoms with E-state index < -0.39 is 0 Å². The molecule has 0 unspecified atom stereocenters. The molecule has 0 radical (unpaired) electrons. The quantitative estimate of drug-likeness (QED) is 0.534. The molecule has 0 atom stereocenters. The fourth-order valence-corrected chi connectivity index (χ4v) is 2.81. The highest BCUT2D eigenvalue weighted by Gasteiger charge is 2.19. The molecule has 0 spiro atoms. The van der Waals surface area contributed by atoms with E-state index in [1.807, 2.05) is 36.4 Å². The summed E-state index contributed by atoms with van der Waals surface area (Å²) in [7, 11) is 0. The molecule has 0 bridgehead atoms. The van der Waals surface area contributed by atoms with Gasteiger partial charge in [-0.1, -0.05) is 42.5 Å². The predicted octanol–water partition coefficient (Wildman–Crippen LogP) is 5.15. The summed E-state index contributed by atoms with van der Waals surface area (Å²) in [4.78, 5) is 19.1. The predicted molar refractivity (Wildman–Crippen MR) is 108 cm³/mol. The van der Waals surface area contributed by atoms with Gasteiger partial charge in [0.2, 0.25) is 0 Å². The van der Waals surface area contributed by atoms with Gasteiger partial charge in [0, 0.05) is 16.8 Å². The lowest BCUT2D eigenvalue weighted by Crippen LogP contribution is -2.31. The number of aromatic nitrogens is 1. The second-order valence-corrected chi connectivity index (χ2v) is 6.27. The number of carbonyl (C=O) groups is 1. The van der Waals surface area contributed by atoms with Crippen LogP contribution < -0.4 is 9.64 Å². The number of amides is 1. The normalized spacial score (nSPS) is 10.3. The summed E-state index contributed by atoms with van der Waals surface area (Å²) in [6.07, 6.45) is 3.34. The molecule has 136 valence electrons. The van der Waals surface area contributed by atoms with Crippen LogP contribution in [0.1, 0.15) is 15.9 Å². The second-order valence-electron chi connectivity index (χ2n) is 5.83. The zero-order valence-electron chi connectivity index (χ0n) is 14.7.